The van der Waals surface area contributed by atoms with Gasteiger partial charge in [0.2, 0.25) is 0 Å². The number of methoxy groups -OCH3 is 2. The van der Waals surface area contributed by atoms with E-state index in [1.807, 2.05) is 24.3 Å². The lowest BCUT2D eigenvalue weighted by molar-refractivity contribution is 0.0950. The highest BCUT2D eigenvalue weighted by Crippen LogP contribution is 2.22. The van der Waals surface area contributed by atoms with Crippen molar-refractivity contribution in [2.24, 2.45) is 0 Å². The lowest BCUT2D eigenvalue weighted by Crippen LogP contribution is -2.23. The van der Waals surface area contributed by atoms with E-state index in [0.717, 1.165) is 15.6 Å². The molecule has 0 bridgehead atoms. The maximum absolute atomic E-state index is 12.3. The summed E-state index contributed by atoms with van der Waals surface area (Å²) in [6.45, 7) is 1.05. The molecule has 0 radical (unpaired) electrons. The zero-order valence-electron chi connectivity index (χ0n) is 12.6. The molecule has 1 amide bonds. The number of benzene rings is 2. The van der Waals surface area contributed by atoms with Gasteiger partial charge in [-0.15, -0.1) is 0 Å². The summed E-state index contributed by atoms with van der Waals surface area (Å²) in [6.07, 6.45) is 0. The number of carbonyl (C=O) groups excluding carboxylic acids is 1. The smallest absolute Gasteiger partial charge is 0.252 e. The fourth-order valence-corrected chi connectivity index (χ4v) is 2.43. The van der Waals surface area contributed by atoms with Crippen LogP contribution in [0.1, 0.15) is 21.5 Å². The van der Waals surface area contributed by atoms with E-state index in [-0.39, 0.29) is 5.91 Å². The molecule has 2 aromatic rings. The van der Waals surface area contributed by atoms with Crippen LogP contribution in [0.5, 0.6) is 5.75 Å². The standard InChI is InChI=1S/C17H18BrNO3/c1-21-11-13-5-3-12(4-6-13)10-19-17(20)15-9-14(22-2)7-8-16(15)18/h3-9H,10-11H2,1-2H3,(H,19,20). The van der Waals surface area contributed by atoms with Gasteiger partial charge in [0.15, 0.2) is 0 Å². The number of amides is 1. The van der Waals surface area contributed by atoms with E-state index in [2.05, 4.69) is 21.2 Å². The first kappa shape index (κ1) is 16.5. The molecule has 0 aliphatic heterocycles. The molecule has 0 aromatic heterocycles. The average Bonchev–Trinajstić information content (AvgIpc) is 2.54. The Bertz CT molecular complexity index is 641. The van der Waals surface area contributed by atoms with Gasteiger partial charge < -0.3 is 14.8 Å². The minimum Gasteiger partial charge on any atom is -0.497 e. The quantitative estimate of drug-likeness (QED) is 0.853. The Kier molecular flexibility index (Phi) is 5.98. The number of halogens is 1. The Balaban J connectivity index is 2.00. The molecule has 0 aliphatic rings. The molecule has 2 aromatic carbocycles. The molecule has 1 N–H and O–H groups in total. The molecule has 4 nitrogen and oxygen atoms in total. The van der Waals surface area contributed by atoms with E-state index in [1.54, 1.807) is 32.4 Å². The van der Waals surface area contributed by atoms with E-state index in [0.29, 0.717) is 24.5 Å². The van der Waals surface area contributed by atoms with Crippen LogP contribution in [0.25, 0.3) is 0 Å². The fourth-order valence-electron chi connectivity index (χ4n) is 2.00. The Hall–Kier alpha value is -1.85. The third kappa shape index (κ3) is 4.32. The van der Waals surface area contributed by atoms with Crippen molar-refractivity contribution in [1.82, 2.24) is 5.32 Å². The van der Waals surface area contributed by atoms with Crippen molar-refractivity contribution in [1.29, 1.82) is 0 Å². The Labute approximate surface area is 138 Å². The van der Waals surface area contributed by atoms with Crippen LogP contribution in [0.2, 0.25) is 0 Å². The minimum absolute atomic E-state index is 0.147. The van der Waals surface area contributed by atoms with E-state index in [1.165, 1.54) is 0 Å². The van der Waals surface area contributed by atoms with Crippen LogP contribution in [-0.2, 0) is 17.9 Å². The third-order valence-electron chi connectivity index (χ3n) is 3.21. The molecule has 0 spiro atoms. The highest BCUT2D eigenvalue weighted by Gasteiger charge is 2.11. The molecule has 0 atom stereocenters. The van der Waals surface area contributed by atoms with Gasteiger partial charge in [-0.1, -0.05) is 24.3 Å². The molecule has 0 saturated heterocycles. The minimum atomic E-state index is -0.147. The van der Waals surface area contributed by atoms with Crippen LogP contribution in [0.4, 0.5) is 0 Å². The molecule has 22 heavy (non-hydrogen) atoms. The summed E-state index contributed by atoms with van der Waals surface area (Å²) in [7, 11) is 3.24. The van der Waals surface area contributed by atoms with Gasteiger partial charge in [-0.2, -0.15) is 0 Å². The number of rotatable bonds is 6. The van der Waals surface area contributed by atoms with Crippen LogP contribution in [0, 0.1) is 0 Å². The van der Waals surface area contributed by atoms with Gasteiger partial charge in [-0.05, 0) is 45.3 Å². The molecule has 0 saturated carbocycles. The maximum atomic E-state index is 12.3. The van der Waals surface area contributed by atoms with Gasteiger partial charge in [0, 0.05) is 18.1 Å². The molecule has 0 fully saturated rings. The predicted octanol–water partition coefficient (Wildman–Crippen LogP) is 3.53. The third-order valence-corrected chi connectivity index (χ3v) is 3.90. The predicted molar refractivity (Wildman–Crippen MR) is 89.0 cm³/mol. The van der Waals surface area contributed by atoms with Crippen molar-refractivity contribution in [3.63, 3.8) is 0 Å². The lowest BCUT2D eigenvalue weighted by Gasteiger charge is -2.09. The van der Waals surface area contributed by atoms with Crippen molar-refractivity contribution >= 4 is 21.8 Å². The normalized spacial score (nSPS) is 10.3. The number of nitrogens with one attached hydrogen (secondary N) is 1. The summed E-state index contributed by atoms with van der Waals surface area (Å²) in [5.74, 6) is 0.504. The average molecular weight is 364 g/mol. The van der Waals surface area contributed by atoms with Crippen LogP contribution in [0.3, 0.4) is 0 Å². The Morgan fingerprint density at radius 1 is 1.09 bits per heavy atom. The molecular formula is C17H18BrNO3. The van der Waals surface area contributed by atoms with Gasteiger partial charge in [0.05, 0.1) is 19.3 Å². The van der Waals surface area contributed by atoms with E-state index in [4.69, 9.17) is 9.47 Å². The summed E-state index contributed by atoms with van der Waals surface area (Å²) in [5, 5.41) is 2.90. The van der Waals surface area contributed by atoms with Crippen molar-refractivity contribution in [3.8, 4) is 5.75 Å². The number of ether oxygens (including phenoxy) is 2. The molecule has 2 rings (SSSR count). The Morgan fingerprint density at radius 3 is 2.41 bits per heavy atom. The van der Waals surface area contributed by atoms with Crippen molar-refractivity contribution in [2.45, 2.75) is 13.2 Å². The van der Waals surface area contributed by atoms with Gasteiger partial charge in [0.1, 0.15) is 5.75 Å². The molecule has 0 aliphatic carbocycles. The van der Waals surface area contributed by atoms with E-state index >= 15 is 0 Å². The number of carbonyl (C=O) groups is 1. The Morgan fingerprint density at radius 2 is 1.77 bits per heavy atom. The summed E-state index contributed by atoms with van der Waals surface area (Å²) < 4.78 is 11.0. The summed E-state index contributed by atoms with van der Waals surface area (Å²) in [5.41, 5.74) is 2.69. The van der Waals surface area contributed by atoms with Gasteiger partial charge in [-0.3, -0.25) is 4.79 Å². The summed E-state index contributed by atoms with van der Waals surface area (Å²) in [4.78, 5) is 12.3. The zero-order valence-corrected chi connectivity index (χ0v) is 14.1. The highest BCUT2D eigenvalue weighted by molar-refractivity contribution is 9.10. The molecule has 0 heterocycles. The second-order valence-electron chi connectivity index (χ2n) is 4.78. The number of hydrogen-bond donors (Lipinski definition) is 1. The van der Waals surface area contributed by atoms with Crippen molar-refractivity contribution < 1.29 is 14.3 Å². The largest absolute Gasteiger partial charge is 0.497 e. The first-order chi connectivity index (χ1) is 10.6. The molecule has 116 valence electrons. The van der Waals surface area contributed by atoms with Crippen molar-refractivity contribution in [3.05, 3.63) is 63.6 Å². The molecule has 0 unspecified atom stereocenters. The van der Waals surface area contributed by atoms with Crippen molar-refractivity contribution in [2.75, 3.05) is 14.2 Å². The van der Waals surface area contributed by atoms with Crippen LogP contribution in [0.15, 0.2) is 46.9 Å². The first-order valence-corrected chi connectivity index (χ1v) is 7.62. The summed E-state index contributed by atoms with van der Waals surface area (Å²) >= 11 is 3.38. The molecular weight excluding hydrogens is 346 g/mol. The zero-order chi connectivity index (χ0) is 15.9. The maximum Gasteiger partial charge on any atom is 0.252 e. The lowest BCUT2D eigenvalue weighted by atomic mass is 10.1. The summed E-state index contributed by atoms with van der Waals surface area (Å²) in [6, 6.07) is 13.3. The topological polar surface area (TPSA) is 47.6 Å². The second kappa shape index (κ2) is 7.96. The van der Waals surface area contributed by atoms with Gasteiger partial charge >= 0.3 is 0 Å². The van der Waals surface area contributed by atoms with Crippen LogP contribution in [-0.4, -0.2) is 20.1 Å². The SMILES string of the molecule is COCc1ccc(CNC(=O)c2cc(OC)ccc2Br)cc1. The fraction of sp³-hybridized carbons (Fsp3) is 0.235. The van der Waals surface area contributed by atoms with Crippen LogP contribution < -0.4 is 10.1 Å². The highest BCUT2D eigenvalue weighted by atomic mass is 79.9. The van der Waals surface area contributed by atoms with E-state index < -0.39 is 0 Å². The van der Waals surface area contributed by atoms with Crippen LogP contribution >= 0.6 is 15.9 Å². The van der Waals surface area contributed by atoms with E-state index in [9.17, 15) is 4.79 Å². The monoisotopic (exact) mass is 363 g/mol. The van der Waals surface area contributed by atoms with Gasteiger partial charge in [-0.25, -0.2) is 0 Å². The first-order valence-electron chi connectivity index (χ1n) is 6.82. The molecule has 5 heteroatoms. The second-order valence-corrected chi connectivity index (χ2v) is 5.63. The number of hydrogen-bond acceptors (Lipinski definition) is 3. The van der Waals surface area contributed by atoms with Gasteiger partial charge in [0.25, 0.3) is 5.91 Å².